The van der Waals surface area contributed by atoms with Crippen molar-refractivity contribution < 1.29 is 8.78 Å². The van der Waals surface area contributed by atoms with Crippen LogP contribution >= 0.6 is 11.3 Å². The second-order valence-corrected chi connectivity index (χ2v) is 5.25. The van der Waals surface area contributed by atoms with Gasteiger partial charge in [-0.25, -0.2) is 13.8 Å². The van der Waals surface area contributed by atoms with Crippen molar-refractivity contribution in [2.45, 2.75) is 25.9 Å². The van der Waals surface area contributed by atoms with Gasteiger partial charge in [0, 0.05) is 23.7 Å². The first kappa shape index (κ1) is 13.1. The Morgan fingerprint density at radius 3 is 2.33 bits per heavy atom. The lowest BCUT2D eigenvalue weighted by atomic mass is 10.1. The number of rotatable bonds is 4. The summed E-state index contributed by atoms with van der Waals surface area (Å²) in [5, 5.41) is 5.91. The maximum absolute atomic E-state index is 13.3. The van der Waals surface area contributed by atoms with E-state index in [0.717, 1.165) is 11.1 Å². The Morgan fingerprint density at radius 1 is 1.17 bits per heavy atom. The first-order chi connectivity index (χ1) is 8.56. The third-order valence-corrected chi connectivity index (χ3v) is 3.26. The SMILES string of the molecule is CC(C)NC(c1cc(F)cc(F)c1)c1nccs1. The average Bonchev–Trinajstić information content (AvgIpc) is 2.77. The molecule has 0 aliphatic rings. The lowest BCUT2D eigenvalue weighted by molar-refractivity contribution is 0.516. The normalized spacial score (nSPS) is 12.9. The molecule has 0 aliphatic heterocycles. The third-order valence-electron chi connectivity index (χ3n) is 2.42. The van der Waals surface area contributed by atoms with E-state index < -0.39 is 11.6 Å². The molecule has 2 rings (SSSR count). The molecule has 1 N–H and O–H groups in total. The number of nitrogens with zero attached hydrogens (tertiary/aromatic N) is 1. The summed E-state index contributed by atoms with van der Waals surface area (Å²) < 4.78 is 26.6. The summed E-state index contributed by atoms with van der Waals surface area (Å²) in [6, 6.07) is 3.45. The number of hydrogen-bond acceptors (Lipinski definition) is 3. The second kappa shape index (κ2) is 5.54. The van der Waals surface area contributed by atoms with Crippen LogP contribution in [0.25, 0.3) is 0 Å². The first-order valence-corrected chi connectivity index (χ1v) is 6.55. The van der Waals surface area contributed by atoms with Gasteiger partial charge in [0.1, 0.15) is 16.6 Å². The van der Waals surface area contributed by atoms with Gasteiger partial charge < -0.3 is 5.32 Å². The monoisotopic (exact) mass is 268 g/mol. The highest BCUT2D eigenvalue weighted by Crippen LogP contribution is 2.25. The summed E-state index contributed by atoms with van der Waals surface area (Å²) in [4.78, 5) is 4.22. The molecule has 0 aliphatic carbocycles. The molecule has 18 heavy (non-hydrogen) atoms. The second-order valence-electron chi connectivity index (χ2n) is 4.33. The van der Waals surface area contributed by atoms with Crippen LogP contribution in [0.1, 0.15) is 30.5 Å². The molecule has 1 aromatic carbocycles. The zero-order valence-corrected chi connectivity index (χ0v) is 11.0. The Labute approximate surface area is 109 Å². The lowest BCUT2D eigenvalue weighted by Gasteiger charge is -2.19. The highest BCUT2D eigenvalue weighted by Gasteiger charge is 2.18. The van der Waals surface area contributed by atoms with Crippen LogP contribution in [-0.4, -0.2) is 11.0 Å². The summed E-state index contributed by atoms with van der Waals surface area (Å²) in [5.74, 6) is -1.14. The lowest BCUT2D eigenvalue weighted by Crippen LogP contribution is -2.29. The molecule has 2 nitrogen and oxygen atoms in total. The van der Waals surface area contributed by atoms with Gasteiger partial charge in [0.05, 0.1) is 6.04 Å². The van der Waals surface area contributed by atoms with Crippen molar-refractivity contribution in [3.05, 3.63) is 52.0 Å². The van der Waals surface area contributed by atoms with Gasteiger partial charge in [0.2, 0.25) is 0 Å². The third kappa shape index (κ3) is 3.11. The van der Waals surface area contributed by atoms with Crippen molar-refractivity contribution in [1.82, 2.24) is 10.3 Å². The van der Waals surface area contributed by atoms with Crippen LogP contribution in [0.4, 0.5) is 8.78 Å². The summed E-state index contributed by atoms with van der Waals surface area (Å²) in [5.41, 5.74) is 0.552. The van der Waals surface area contributed by atoms with Crippen molar-refractivity contribution in [1.29, 1.82) is 0 Å². The minimum atomic E-state index is -0.572. The Bertz CT molecular complexity index is 491. The van der Waals surface area contributed by atoms with Crippen LogP contribution in [0, 0.1) is 11.6 Å². The van der Waals surface area contributed by atoms with Crippen LogP contribution in [0.5, 0.6) is 0 Å². The highest BCUT2D eigenvalue weighted by atomic mass is 32.1. The van der Waals surface area contributed by atoms with E-state index in [2.05, 4.69) is 10.3 Å². The summed E-state index contributed by atoms with van der Waals surface area (Å²) >= 11 is 1.46. The predicted molar refractivity (Wildman–Crippen MR) is 68.6 cm³/mol. The highest BCUT2D eigenvalue weighted by molar-refractivity contribution is 7.09. The molecule has 1 heterocycles. The van der Waals surface area contributed by atoms with Crippen LogP contribution in [0.2, 0.25) is 0 Å². The molecule has 0 fully saturated rings. The molecule has 5 heteroatoms. The van der Waals surface area contributed by atoms with Gasteiger partial charge in [0.15, 0.2) is 0 Å². The predicted octanol–water partition coefficient (Wildman–Crippen LogP) is 3.51. The smallest absolute Gasteiger partial charge is 0.126 e. The topological polar surface area (TPSA) is 24.9 Å². The standard InChI is InChI=1S/C13H14F2N2S/c1-8(2)17-12(13-16-3-4-18-13)9-5-10(14)7-11(15)6-9/h3-8,12,17H,1-2H3. The average molecular weight is 268 g/mol. The fraction of sp³-hybridized carbons (Fsp3) is 0.308. The van der Waals surface area contributed by atoms with E-state index in [1.807, 2.05) is 19.2 Å². The summed E-state index contributed by atoms with van der Waals surface area (Å²) in [6.07, 6.45) is 1.69. The molecular weight excluding hydrogens is 254 g/mol. The van der Waals surface area contributed by atoms with Gasteiger partial charge in [-0.1, -0.05) is 0 Å². The molecule has 2 aromatic rings. The number of halogens is 2. The molecule has 0 spiro atoms. The van der Waals surface area contributed by atoms with Crippen molar-refractivity contribution >= 4 is 11.3 Å². The quantitative estimate of drug-likeness (QED) is 0.918. The fourth-order valence-electron chi connectivity index (χ4n) is 1.76. The van der Waals surface area contributed by atoms with Crippen molar-refractivity contribution in [2.75, 3.05) is 0 Å². The minimum Gasteiger partial charge on any atom is -0.302 e. The molecule has 1 unspecified atom stereocenters. The zero-order valence-electron chi connectivity index (χ0n) is 10.2. The van der Waals surface area contributed by atoms with Crippen molar-refractivity contribution in [3.8, 4) is 0 Å². The Morgan fingerprint density at radius 2 is 1.83 bits per heavy atom. The van der Waals surface area contributed by atoms with Gasteiger partial charge >= 0.3 is 0 Å². The molecule has 0 saturated heterocycles. The molecule has 0 radical (unpaired) electrons. The summed E-state index contributed by atoms with van der Waals surface area (Å²) in [7, 11) is 0. The molecule has 96 valence electrons. The Hall–Kier alpha value is -1.33. The number of thiazole rings is 1. The zero-order chi connectivity index (χ0) is 13.1. The van der Waals surface area contributed by atoms with E-state index in [9.17, 15) is 8.78 Å². The molecule has 1 atom stereocenters. The van der Waals surface area contributed by atoms with Gasteiger partial charge in [-0.05, 0) is 31.5 Å². The van der Waals surface area contributed by atoms with Crippen LogP contribution in [0.3, 0.4) is 0 Å². The van der Waals surface area contributed by atoms with Crippen LogP contribution < -0.4 is 5.32 Å². The maximum Gasteiger partial charge on any atom is 0.126 e. The number of hydrogen-bond donors (Lipinski definition) is 1. The Kier molecular flexibility index (Phi) is 4.04. The maximum atomic E-state index is 13.3. The van der Waals surface area contributed by atoms with Crippen molar-refractivity contribution in [3.63, 3.8) is 0 Å². The van der Waals surface area contributed by atoms with E-state index in [1.165, 1.54) is 23.5 Å². The number of benzene rings is 1. The van der Waals surface area contributed by atoms with Crippen molar-refractivity contribution in [2.24, 2.45) is 0 Å². The van der Waals surface area contributed by atoms with Gasteiger partial charge in [-0.2, -0.15) is 0 Å². The molecule has 0 saturated carbocycles. The fourth-order valence-corrected chi connectivity index (χ4v) is 2.49. The van der Waals surface area contributed by atoms with E-state index in [4.69, 9.17) is 0 Å². The molecular formula is C13H14F2N2S. The minimum absolute atomic E-state index is 0.185. The van der Waals surface area contributed by atoms with E-state index in [-0.39, 0.29) is 12.1 Å². The largest absolute Gasteiger partial charge is 0.302 e. The van der Waals surface area contributed by atoms with E-state index >= 15 is 0 Å². The molecule has 0 bridgehead atoms. The van der Waals surface area contributed by atoms with Crippen LogP contribution in [0.15, 0.2) is 29.8 Å². The van der Waals surface area contributed by atoms with Gasteiger partial charge in [0.25, 0.3) is 0 Å². The van der Waals surface area contributed by atoms with Crippen LogP contribution in [-0.2, 0) is 0 Å². The number of aromatic nitrogens is 1. The van der Waals surface area contributed by atoms with Gasteiger partial charge in [-0.3, -0.25) is 0 Å². The first-order valence-electron chi connectivity index (χ1n) is 5.67. The Balaban J connectivity index is 2.39. The van der Waals surface area contributed by atoms with E-state index in [0.29, 0.717) is 5.56 Å². The number of nitrogens with one attached hydrogen (secondary N) is 1. The molecule has 0 amide bonds. The molecule has 1 aromatic heterocycles. The summed E-state index contributed by atoms with van der Waals surface area (Å²) in [6.45, 7) is 3.96. The van der Waals surface area contributed by atoms with Gasteiger partial charge in [-0.15, -0.1) is 11.3 Å². The van der Waals surface area contributed by atoms with E-state index in [1.54, 1.807) is 6.20 Å².